The van der Waals surface area contributed by atoms with Gasteiger partial charge in [-0.1, -0.05) is 68.4 Å². The van der Waals surface area contributed by atoms with Crippen LogP contribution in [0.5, 0.6) is 0 Å². The first-order valence-electron chi connectivity index (χ1n) is 15.2. The van der Waals surface area contributed by atoms with Gasteiger partial charge in [-0.2, -0.15) is 0 Å². The fraction of sp³-hybridized carbons (Fsp3) is 0.382. The average molecular weight is 679 g/mol. The first-order valence-corrected chi connectivity index (χ1v) is 15.6. The molecule has 1 fully saturated rings. The molecule has 1 aromatic heterocycles. The molecule has 2 N–H and O–H groups in total. The standard InChI is InChI=1S/C34H38N4O9S/c1-18(2)23-12-14-25(15-13-23)27-16-26(24-10-8-7-9-11-24)35-33(36-27)38-34(48)37-32-31(46-22(6)42)30(45-21(5)41)29(44-20(4)40)28(47-32)17-43-19(3)39/h7-16,18,28-32H,17H2,1-6H3,(H2,35,36,37,38,48)/t28-,29-,30+,31-,32-/m1/s1. The highest BCUT2D eigenvalue weighted by Gasteiger charge is 2.52. The minimum atomic E-state index is -1.36. The second-order valence-electron chi connectivity index (χ2n) is 11.3. The van der Waals surface area contributed by atoms with Crippen LogP contribution in [0.2, 0.25) is 0 Å². The molecule has 4 rings (SSSR count). The molecule has 2 aromatic carbocycles. The van der Waals surface area contributed by atoms with Crippen molar-refractivity contribution in [3.05, 3.63) is 66.2 Å². The number of rotatable bonds is 10. The number of ether oxygens (including phenoxy) is 5. The summed E-state index contributed by atoms with van der Waals surface area (Å²) in [5, 5.41) is 5.86. The van der Waals surface area contributed by atoms with E-state index in [1.54, 1.807) is 0 Å². The third kappa shape index (κ3) is 9.78. The lowest BCUT2D eigenvalue weighted by molar-refractivity contribution is -0.254. The number of nitrogens with zero attached hydrogens (tertiary/aromatic N) is 2. The van der Waals surface area contributed by atoms with Crippen molar-refractivity contribution < 1.29 is 42.9 Å². The predicted molar refractivity (Wildman–Crippen MR) is 178 cm³/mol. The summed E-state index contributed by atoms with van der Waals surface area (Å²) in [6.45, 7) is 8.50. The molecule has 0 spiro atoms. The summed E-state index contributed by atoms with van der Waals surface area (Å²) in [6, 6.07) is 19.5. The monoisotopic (exact) mass is 678 g/mol. The van der Waals surface area contributed by atoms with Crippen LogP contribution in [0.4, 0.5) is 5.95 Å². The fourth-order valence-corrected chi connectivity index (χ4v) is 5.27. The minimum absolute atomic E-state index is 0.0396. The maximum absolute atomic E-state index is 12.2. The third-order valence-electron chi connectivity index (χ3n) is 7.16. The zero-order chi connectivity index (χ0) is 35.0. The molecule has 0 aliphatic carbocycles. The van der Waals surface area contributed by atoms with Crippen LogP contribution >= 0.6 is 12.2 Å². The summed E-state index contributed by atoms with van der Waals surface area (Å²) < 4.78 is 27.7. The zero-order valence-electron chi connectivity index (χ0n) is 27.4. The predicted octanol–water partition coefficient (Wildman–Crippen LogP) is 4.30. The molecule has 1 saturated heterocycles. The Balaban J connectivity index is 1.67. The van der Waals surface area contributed by atoms with Gasteiger partial charge >= 0.3 is 23.9 Å². The molecule has 0 saturated carbocycles. The molecule has 5 atom stereocenters. The van der Waals surface area contributed by atoms with Crippen molar-refractivity contribution >= 4 is 47.2 Å². The number of benzene rings is 2. The van der Waals surface area contributed by atoms with Gasteiger partial charge in [0.2, 0.25) is 5.95 Å². The van der Waals surface area contributed by atoms with E-state index in [0.717, 1.165) is 31.9 Å². The van der Waals surface area contributed by atoms with Crippen LogP contribution in [-0.2, 0) is 42.9 Å². The van der Waals surface area contributed by atoms with Crippen LogP contribution < -0.4 is 10.6 Å². The molecule has 1 aliphatic rings. The average Bonchev–Trinajstić information content (AvgIpc) is 3.02. The number of nitrogens with one attached hydrogen (secondary N) is 2. The first kappa shape index (κ1) is 35.9. The molecule has 254 valence electrons. The van der Waals surface area contributed by atoms with Gasteiger partial charge in [0.1, 0.15) is 12.7 Å². The molecule has 1 aliphatic heterocycles. The second-order valence-corrected chi connectivity index (χ2v) is 11.7. The smallest absolute Gasteiger partial charge is 0.303 e. The Hall–Kier alpha value is -4.95. The van der Waals surface area contributed by atoms with Crippen LogP contribution in [0.15, 0.2) is 60.7 Å². The maximum atomic E-state index is 12.2. The first-order chi connectivity index (χ1) is 22.8. The number of hydrogen-bond donors (Lipinski definition) is 2. The third-order valence-corrected chi connectivity index (χ3v) is 7.38. The Morgan fingerprint density at radius 3 is 1.85 bits per heavy atom. The minimum Gasteiger partial charge on any atom is -0.463 e. The lowest BCUT2D eigenvalue weighted by atomic mass is 9.97. The summed E-state index contributed by atoms with van der Waals surface area (Å²) in [4.78, 5) is 57.4. The number of hydrogen-bond acceptors (Lipinski definition) is 12. The molecule has 0 radical (unpaired) electrons. The van der Waals surface area contributed by atoms with Crippen LogP contribution in [0.1, 0.15) is 53.0 Å². The number of aromatic nitrogens is 2. The summed E-state index contributed by atoms with van der Waals surface area (Å²) >= 11 is 5.62. The lowest BCUT2D eigenvalue weighted by Gasteiger charge is -2.44. The molecule has 0 unspecified atom stereocenters. The highest BCUT2D eigenvalue weighted by Crippen LogP contribution is 2.30. The Bertz CT molecular complexity index is 1640. The van der Waals surface area contributed by atoms with E-state index < -0.39 is 54.5 Å². The molecular formula is C34H38N4O9S. The Morgan fingerprint density at radius 2 is 1.31 bits per heavy atom. The molecule has 48 heavy (non-hydrogen) atoms. The van der Waals surface area contributed by atoms with Gasteiger partial charge in [-0.05, 0) is 29.8 Å². The zero-order valence-corrected chi connectivity index (χ0v) is 28.2. The van der Waals surface area contributed by atoms with Gasteiger partial charge in [0, 0.05) is 38.8 Å². The maximum Gasteiger partial charge on any atom is 0.303 e. The molecule has 3 aromatic rings. The van der Waals surface area contributed by atoms with Gasteiger partial charge < -0.3 is 34.3 Å². The number of esters is 4. The molecule has 14 heteroatoms. The second kappa shape index (κ2) is 16.2. The van der Waals surface area contributed by atoms with E-state index in [-0.39, 0.29) is 17.7 Å². The van der Waals surface area contributed by atoms with E-state index in [1.807, 2.05) is 60.7 Å². The number of carbonyl (C=O) groups is 4. The van der Waals surface area contributed by atoms with Crippen LogP contribution in [0, 0.1) is 0 Å². The molecule has 0 amide bonds. The molecule has 13 nitrogen and oxygen atoms in total. The van der Waals surface area contributed by atoms with Crippen LogP contribution in [0.25, 0.3) is 22.5 Å². The SMILES string of the molecule is CC(=O)OC[C@H]1O[C@@H](NC(=S)Nc2nc(-c3ccccc3)cc(-c3ccc(C(C)C)cc3)n2)[C@H](OC(C)=O)[C@@H](OC(C)=O)[C@@H]1OC(C)=O. The number of carbonyl (C=O) groups excluding carboxylic acids is 4. The van der Waals surface area contributed by atoms with Crippen molar-refractivity contribution in [3.63, 3.8) is 0 Å². The van der Waals surface area contributed by atoms with Gasteiger partial charge in [-0.15, -0.1) is 0 Å². The number of anilines is 1. The fourth-order valence-electron chi connectivity index (χ4n) is 5.06. The van der Waals surface area contributed by atoms with Crippen molar-refractivity contribution in [2.75, 3.05) is 11.9 Å². The van der Waals surface area contributed by atoms with E-state index in [0.29, 0.717) is 17.3 Å². The van der Waals surface area contributed by atoms with E-state index in [4.69, 9.17) is 40.9 Å². The Kier molecular flexibility index (Phi) is 12.1. The van der Waals surface area contributed by atoms with Crippen molar-refractivity contribution in [2.24, 2.45) is 0 Å². The van der Waals surface area contributed by atoms with Crippen molar-refractivity contribution in [2.45, 2.75) is 78.1 Å². The largest absolute Gasteiger partial charge is 0.463 e. The van der Waals surface area contributed by atoms with Crippen molar-refractivity contribution in [1.29, 1.82) is 0 Å². The normalized spacial score (nSPS) is 20.3. The van der Waals surface area contributed by atoms with Gasteiger partial charge in [-0.3, -0.25) is 19.2 Å². The van der Waals surface area contributed by atoms with Gasteiger partial charge in [0.05, 0.1) is 11.4 Å². The lowest BCUT2D eigenvalue weighted by Crippen LogP contribution is -2.66. The van der Waals surface area contributed by atoms with Crippen molar-refractivity contribution in [3.8, 4) is 22.5 Å². The molecule has 2 heterocycles. The summed E-state index contributed by atoms with van der Waals surface area (Å²) in [5.41, 5.74) is 4.16. The Labute approximate surface area is 283 Å². The Morgan fingerprint density at radius 1 is 0.771 bits per heavy atom. The van der Waals surface area contributed by atoms with E-state index in [9.17, 15) is 19.2 Å². The van der Waals surface area contributed by atoms with Gasteiger partial charge in [0.25, 0.3) is 0 Å². The summed E-state index contributed by atoms with van der Waals surface area (Å²) in [7, 11) is 0. The highest BCUT2D eigenvalue weighted by molar-refractivity contribution is 7.80. The topological polar surface area (TPSA) is 164 Å². The quantitative estimate of drug-likeness (QED) is 0.177. The highest BCUT2D eigenvalue weighted by atomic mass is 32.1. The number of thiocarbonyl (C=S) groups is 1. The van der Waals surface area contributed by atoms with Gasteiger partial charge in [-0.25, -0.2) is 9.97 Å². The molecular weight excluding hydrogens is 640 g/mol. The van der Waals surface area contributed by atoms with Crippen LogP contribution in [-0.4, -0.2) is 76.2 Å². The van der Waals surface area contributed by atoms with Crippen molar-refractivity contribution in [1.82, 2.24) is 15.3 Å². The summed E-state index contributed by atoms with van der Waals surface area (Å²) in [6.07, 6.45) is -6.43. The van der Waals surface area contributed by atoms with E-state index in [1.165, 1.54) is 12.5 Å². The summed E-state index contributed by atoms with van der Waals surface area (Å²) in [5.74, 6) is -2.33. The van der Waals surface area contributed by atoms with Crippen LogP contribution in [0.3, 0.4) is 0 Å². The van der Waals surface area contributed by atoms with E-state index >= 15 is 0 Å². The molecule has 0 bridgehead atoms. The van der Waals surface area contributed by atoms with Gasteiger partial charge in [0.15, 0.2) is 29.7 Å². The van der Waals surface area contributed by atoms with E-state index in [2.05, 4.69) is 29.5 Å².